The smallest absolute Gasteiger partial charge is 0.419 e. The average molecular weight is 292 g/mol. The molecule has 2 rings (SSSR count). The Hall–Kier alpha value is -2.02. The summed E-state index contributed by atoms with van der Waals surface area (Å²) in [4.78, 5) is 13.9. The minimum atomic E-state index is -4.51. The molecule has 0 atom stereocenters. The number of aromatic amines is 1. The predicted octanol–water partition coefficient (Wildman–Crippen LogP) is 3.02. The van der Waals surface area contributed by atoms with Gasteiger partial charge in [-0.15, -0.1) is 0 Å². The van der Waals surface area contributed by atoms with E-state index in [1.165, 1.54) is 18.4 Å². The number of nitrogens with one attached hydrogen (secondary N) is 2. The van der Waals surface area contributed by atoms with Crippen molar-refractivity contribution in [1.29, 1.82) is 0 Å². The van der Waals surface area contributed by atoms with Gasteiger partial charge in [-0.05, 0) is 18.2 Å². The highest BCUT2D eigenvalue weighted by atomic mass is 35.5. The van der Waals surface area contributed by atoms with E-state index in [4.69, 9.17) is 16.0 Å². The minimum Gasteiger partial charge on any atom is -0.457 e. The molecular weight excluding hydrogens is 285 g/mol. The number of furan rings is 1. The van der Waals surface area contributed by atoms with Gasteiger partial charge in [-0.2, -0.15) is 13.2 Å². The lowest BCUT2D eigenvalue weighted by atomic mass is 10.2. The summed E-state index contributed by atoms with van der Waals surface area (Å²) in [6, 6.07) is 3.64. The van der Waals surface area contributed by atoms with Crippen molar-refractivity contribution in [2.75, 3.05) is 5.32 Å². The van der Waals surface area contributed by atoms with Gasteiger partial charge in [-0.25, -0.2) is 15.1 Å². The molecule has 1 amide bonds. The van der Waals surface area contributed by atoms with Crippen LogP contribution in [0, 0.1) is 0 Å². The molecule has 0 radical (unpaired) electrons. The molecule has 0 aliphatic rings. The highest BCUT2D eigenvalue weighted by Crippen LogP contribution is 2.31. The zero-order valence-electron chi connectivity index (χ0n) is 9.22. The topological polar surface area (TPSA) is 56.4 Å². The number of amides is 1. The number of rotatable bonds is 2. The van der Waals surface area contributed by atoms with E-state index in [9.17, 15) is 18.0 Å². The Morgan fingerprint density at radius 2 is 2.16 bits per heavy atom. The van der Waals surface area contributed by atoms with Gasteiger partial charge < -0.3 is 4.42 Å². The molecular formula is C11H7ClF3N2O2+. The molecule has 2 aromatic rings. The van der Waals surface area contributed by atoms with Crippen LogP contribution in [0.5, 0.6) is 0 Å². The maximum absolute atomic E-state index is 12.4. The fourth-order valence-corrected chi connectivity index (χ4v) is 1.53. The molecule has 0 aromatic carbocycles. The first kappa shape index (κ1) is 13.4. The number of anilines is 1. The molecule has 0 saturated carbocycles. The van der Waals surface area contributed by atoms with E-state index in [1.54, 1.807) is 0 Å². The number of halogens is 4. The maximum Gasteiger partial charge on any atom is 0.419 e. The Morgan fingerprint density at radius 1 is 1.42 bits per heavy atom. The van der Waals surface area contributed by atoms with Crippen molar-refractivity contribution >= 4 is 23.3 Å². The first-order valence-electron chi connectivity index (χ1n) is 5.01. The van der Waals surface area contributed by atoms with Crippen LogP contribution < -0.4 is 10.3 Å². The van der Waals surface area contributed by atoms with Gasteiger partial charge >= 0.3 is 12.1 Å². The van der Waals surface area contributed by atoms with E-state index >= 15 is 0 Å². The molecule has 0 spiro atoms. The summed E-state index contributed by atoms with van der Waals surface area (Å²) in [6.07, 6.45) is -2.50. The summed E-state index contributed by atoms with van der Waals surface area (Å²) >= 11 is 5.66. The van der Waals surface area contributed by atoms with Crippen LogP contribution in [0.2, 0.25) is 5.02 Å². The predicted molar refractivity (Wildman–Crippen MR) is 59.7 cm³/mol. The van der Waals surface area contributed by atoms with E-state index in [1.807, 2.05) is 0 Å². The van der Waals surface area contributed by atoms with Crippen LogP contribution in [-0.2, 0) is 6.18 Å². The maximum atomic E-state index is 12.4. The van der Waals surface area contributed by atoms with Crippen LogP contribution in [0.4, 0.5) is 19.0 Å². The number of carbonyl (C=O) groups is 1. The first-order valence-corrected chi connectivity index (χ1v) is 5.39. The minimum absolute atomic E-state index is 0.0179. The summed E-state index contributed by atoms with van der Waals surface area (Å²) < 4.78 is 42.0. The number of carbonyl (C=O) groups excluding carboxylic acids is 1. The van der Waals surface area contributed by atoms with E-state index in [0.29, 0.717) is 6.20 Å². The van der Waals surface area contributed by atoms with Crippen molar-refractivity contribution in [2.45, 2.75) is 6.18 Å². The van der Waals surface area contributed by atoms with E-state index < -0.39 is 17.6 Å². The molecule has 8 heteroatoms. The molecule has 4 nitrogen and oxygen atoms in total. The van der Waals surface area contributed by atoms with Gasteiger partial charge in [0.2, 0.25) is 5.76 Å². The van der Waals surface area contributed by atoms with Crippen molar-refractivity contribution in [3.63, 3.8) is 0 Å². The monoisotopic (exact) mass is 291 g/mol. The molecule has 0 saturated heterocycles. The second-order valence-electron chi connectivity index (χ2n) is 3.54. The summed E-state index contributed by atoms with van der Waals surface area (Å²) in [5.41, 5.74) is -0.937. The molecule has 0 bridgehead atoms. The van der Waals surface area contributed by atoms with Crippen LogP contribution in [0.15, 0.2) is 35.1 Å². The van der Waals surface area contributed by atoms with Gasteiger partial charge in [0, 0.05) is 0 Å². The first-order chi connectivity index (χ1) is 8.88. The highest BCUT2D eigenvalue weighted by Gasteiger charge is 2.33. The van der Waals surface area contributed by atoms with Gasteiger partial charge in [-0.1, -0.05) is 11.6 Å². The second kappa shape index (κ2) is 4.93. The van der Waals surface area contributed by atoms with Gasteiger partial charge in [0.15, 0.2) is 0 Å². The Labute approximate surface area is 110 Å². The van der Waals surface area contributed by atoms with Gasteiger partial charge in [0.25, 0.3) is 5.82 Å². The van der Waals surface area contributed by atoms with Crippen LogP contribution >= 0.6 is 11.6 Å². The zero-order chi connectivity index (χ0) is 14.0. The third-order valence-electron chi connectivity index (χ3n) is 2.20. The summed E-state index contributed by atoms with van der Waals surface area (Å²) in [5, 5.41) is 2.05. The number of hydrogen-bond acceptors (Lipinski definition) is 2. The molecule has 2 heterocycles. The third kappa shape index (κ3) is 3.05. The lowest BCUT2D eigenvalue weighted by Crippen LogP contribution is -2.21. The van der Waals surface area contributed by atoms with Crippen LogP contribution in [-0.4, -0.2) is 5.91 Å². The number of alkyl halides is 3. The number of aromatic nitrogens is 1. The molecule has 19 heavy (non-hydrogen) atoms. The lowest BCUT2D eigenvalue weighted by molar-refractivity contribution is -0.364. The zero-order valence-corrected chi connectivity index (χ0v) is 9.97. The van der Waals surface area contributed by atoms with Gasteiger partial charge in [-0.3, -0.25) is 0 Å². The molecule has 0 fully saturated rings. The van der Waals surface area contributed by atoms with E-state index in [-0.39, 0.29) is 16.6 Å². The van der Waals surface area contributed by atoms with E-state index in [0.717, 1.165) is 6.07 Å². The second-order valence-corrected chi connectivity index (χ2v) is 3.95. The quantitative estimate of drug-likeness (QED) is 0.924. The fraction of sp³-hybridized carbons (Fsp3) is 0.0909. The SMILES string of the molecule is O=C(Nc1[nH+]cc(C(F)(F)F)cc1Cl)c1ccco1. The summed E-state index contributed by atoms with van der Waals surface area (Å²) in [6.45, 7) is 0. The van der Waals surface area contributed by atoms with Crippen molar-refractivity contribution in [3.8, 4) is 0 Å². The fourth-order valence-electron chi connectivity index (χ4n) is 1.31. The Kier molecular flexibility index (Phi) is 3.48. The molecule has 0 aliphatic heterocycles. The molecule has 0 unspecified atom stereocenters. The normalized spacial score (nSPS) is 11.4. The Morgan fingerprint density at radius 3 is 2.68 bits per heavy atom. The number of pyridine rings is 1. The van der Waals surface area contributed by atoms with Crippen molar-refractivity contribution in [3.05, 3.63) is 47.0 Å². The number of H-pyrrole nitrogens is 1. The Bertz CT molecular complexity index is 596. The van der Waals surface area contributed by atoms with Crippen LogP contribution in [0.3, 0.4) is 0 Å². The largest absolute Gasteiger partial charge is 0.457 e. The Balaban J connectivity index is 2.21. The van der Waals surface area contributed by atoms with Crippen molar-refractivity contribution < 1.29 is 27.4 Å². The van der Waals surface area contributed by atoms with Crippen molar-refractivity contribution in [2.24, 2.45) is 0 Å². The van der Waals surface area contributed by atoms with Gasteiger partial charge in [0.1, 0.15) is 11.2 Å². The van der Waals surface area contributed by atoms with Crippen molar-refractivity contribution in [1.82, 2.24) is 0 Å². The number of hydrogen-bond donors (Lipinski definition) is 1. The van der Waals surface area contributed by atoms with Crippen LogP contribution in [0.25, 0.3) is 0 Å². The van der Waals surface area contributed by atoms with Crippen LogP contribution in [0.1, 0.15) is 16.1 Å². The molecule has 2 aromatic heterocycles. The molecule has 0 aliphatic carbocycles. The third-order valence-corrected chi connectivity index (χ3v) is 2.50. The highest BCUT2D eigenvalue weighted by molar-refractivity contribution is 6.33. The average Bonchev–Trinajstić information content (AvgIpc) is 2.84. The molecule has 2 N–H and O–H groups in total. The van der Waals surface area contributed by atoms with Gasteiger partial charge in [0.05, 0.1) is 11.8 Å². The summed E-state index contributed by atoms with van der Waals surface area (Å²) in [5.74, 6) is -0.650. The standard InChI is InChI=1S/C11H6ClF3N2O2/c12-7-4-6(11(13,14)15)5-16-9(7)17-10(18)8-2-1-3-19-8/h1-5H,(H,16,17,18)/p+1. The molecule has 100 valence electrons. The van der Waals surface area contributed by atoms with E-state index in [2.05, 4.69) is 10.3 Å². The lowest BCUT2D eigenvalue weighted by Gasteiger charge is -2.05. The summed E-state index contributed by atoms with van der Waals surface area (Å²) in [7, 11) is 0.